The molecule has 0 saturated carbocycles. The fraction of sp³-hybridized carbons (Fsp3) is 0.419. The fourth-order valence-electron chi connectivity index (χ4n) is 4.97. The highest BCUT2D eigenvalue weighted by Crippen LogP contribution is 2.27. The lowest BCUT2D eigenvalue weighted by Crippen LogP contribution is -2.51. The van der Waals surface area contributed by atoms with E-state index in [2.05, 4.69) is 70.3 Å². The van der Waals surface area contributed by atoms with Crippen molar-refractivity contribution in [3.05, 3.63) is 78.0 Å². The standard InChI is InChI=1S/C31H42BN5O3Si/c1-32(38)36-18-16-35(17-19-36)22-27-12-15-29-31(33-27)37(24-39-20-21-41(2,3)4)30(34-29)26-10-13-28(14-11-26)40-23-25-8-6-5-7-9-25/h5-15,38H,16-24H2,1-4H3. The van der Waals surface area contributed by atoms with Crippen LogP contribution in [0.1, 0.15) is 11.3 Å². The van der Waals surface area contributed by atoms with Gasteiger partial charge in [-0.3, -0.25) is 9.47 Å². The molecule has 0 bridgehead atoms. The Kier molecular flexibility index (Phi) is 9.57. The average molecular weight is 572 g/mol. The summed E-state index contributed by atoms with van der Waals surface area (Å²) in [7, 11) is -1.60. The van der Waals surface area contributed by atoms with E-state index < -0.39 is 15.1 Å². The smallest absolute Gasteiger partial charge is 0.376 e. The number of piperazine rings is 1. The van der Waals surface area contributed by atoms with Crippen LogP contribution in [0.2, 0.25) is 32.5 Å². The normalized spacial score (nSPS) is 15.0. The van der Waals surface area contributed by atoms with Crippen LogP contribution in [0, 0.1) is 0 Å². The molecule has 1 N–H and O–H groups in total. The molecule has 0 radical (unpaired) electrons. The number of imidazole rings is 1. The van der Waals surface area contributed by atoms with Crippen molar-refractivity contribution in [2.24, 2.45) is 0 Å². The lowest BCUT2D eigenvalue weighted by atomic mass is 9.84. The molecule has 10 heteroatoms. The Morgan fingerprint density at radius 2 is 1.63 bits per heavy atom. The zero-order valence-corrected chi connectivity index (χ0v) is 25.8. The number of benzene rings is 2. The number of fused-ring (bicyclic) bond motifs is 1. The molecular weight excluding hydrogens is 529 g/mol. The fourth-order valence-corrected chi connectivity index (χ4v) is 5.73. The van der Waals surface area contributed by atoms with Gasteiger partial charge in [-0.25, -0.2) is 9.97 Å². The minimum Gasteiger partial charge on any atom is -0.489 e. The van der Waals surface area contributed by atoms with E-state index in [1.807, 2.05) is 37.2 Å². The zero-order valence-electron chi connectivity index (χ0n) is 24.8. The molecule has 41 heavy (non-hydrogen) atoms. The van der Waals surface area contributed by atoms with Crippen LogP contribution >= 0.6 is 0 Å². The molecule has 0 amide bonds. The van der Waals surface area contributed by atoms with Crippen molar-refractivity contribution < 1.29 is 14.5 Å². The molecule has 216 valence electrons. The first-order valence-electron chi connectivity index (χ1n) is 14.6. The Hall–Kier alpha value is -3.02. The molecule has 1 fully saturated rings. The summed E-state index contributed by atoms with van der Waals surface area (Å²) in [6.45, 7) is 14.9. The first-order valence-corrected chi connectivity index (χ1v) is 18.3. The molecule has 1 aliphatic rings. The summed E-state index contributed by atoms with van der Waals surface area (Å²) in [4.78, 5) is 14.6. The largest absolute Gasteiger partial charge is 0.489 e. The van der Waals surface area contributed by atoms with Crippen molar-refractivity contribution in [1.29, 1.82) is 0 Å². The number of nitrogens with zero attached hydrogens (tertiary/aromatic N) is 5. The zero-order chi connectivity index (χ0) is 28.8. The van der Waals surface area contributed by atoms with Crippen molar-refractivity contribution in [2.45, 2.75) is 52.4 Å². The van der Waals surface area contributed by atoms with Crippen LogP contribution in [-0.2, 0) is 24.6 Å². The monoisotopic (exact) mass is 571 g/mol. The number of aromatic nitrogens is 3. The van der Waals surface area contributed by atoms with Gasteiger partial charge in [0, 0.05) is 53.0 Å². The van der Waals surface area contributed by atoms with Gasteiger partial charge in [0.1, 0.15) is 30.4 Å². The van der Waals surface area contributed by atoms with Gasteiger partial charge >= 0.3 is 7.05 Å². The number of hydrogen-bond donors (Lipinski definition) is 1. The number of pyridine rings is 1. The van der Waals surface area contributed by atoms with Gasteiger partial charge in [-0.2, -0.15) is 0 Å². The molecule has 1 saturated heterocycles. The Morgan fingerprint density at radius 3 is 2.32 bits per heavy atom. The third-order valence-corrected chi connectivity index (χ3v) is 9.25. The molecule has 0 atom stereocenters. The van der Waals surface area contributed by atoms with E-state index in [9.17, 15) is 5.02 Å². The lowest BCUT2D eigenvalue weighted by Gasteiger charge is -2.35. The van der Waals surface area contributed by atoms with Crippen LogP contribution in [0.4, 0.5) is 0 Å². The first kappa shape index (κ1) is 29.5. The number of rotatable bonds is 12. The molecule has 0 spiro atoms. The topological polar surface area (TPSA) is 75.9 Å². The quantitative estimate of drug-likeness (QED) is 0.185. The Bertz CT molecular complexity index is 1400. The Morgan fingerprint density at radius 1 is 0.902 bits per heavy atom. The van der Waals surface area contributed by atoms with Crippen LogP contribution in [0.15, 0.2) is 66.7 Å². The highest BCUT2D eigenvalue weighted by molar-refractivity contribution is 6.76. The first-order chi connectivity index (χ1) is 19.7. The minimum atomic E-state index is -1.20. The Balaban J connectivity index is 1.35. The molecule has 4 aromatic rings. The van der Waals surface area contributed by atoms with E-state index >= 15 is 0 Å². The van der Waals surface area contributed by atoms with Gasteiger partial charge in [0.25, 0.3) is 0 Å². The third kappa shape index (κ3) is 8.05. The molecule has 8 nitrogen and oxygen atoms in total. The van der Waals surface area contributed by atoms with Crippen molar-refractivity contribution in [3.8, 4) is 17.1 Å². The maximum atomic E-state index is 9.89. The average Bonchev–Trinajstić information content (AvgIpc) is 3.32. The summed E-state index contributed by atoms with van der Waals surface area (Å²) in [5, 5.41) is 9.89. The molecule has 2 aromatic heterocycles. The molecule has 3 heterocycles. The molecule has 1 aliphatic heterocycles. The van der Waals surface area contributed by atoms with Gasteiger partial charge in [-0.1, -0.05) is 50.0 Å². The molecule has 5 rings (SSSR count). The predicted octanol–water partition coefficient (Wildman–Crippen LogP) is 5.22. The molecule has 0 unspecified atom stereocenters. The molecule has 2 aromatic carbocycles. The van der Waals surface area contributed by atoms with Gasteiger partial charge < -0.3 is 19.3 Å². The van der Waals surface area contributed by atoms with Gasteiger partial charge in [0.15, 0.2) is 5.65 Å². The van der Waals surface area contributed by atoms with E-state index in [0.717, 1.165) is 84.9 Å². The highest BCUT2D eigenvalue weighted by atomic mass is 28.3. The van der Waals surface area contributed by atoms with Gasteiger partial charge in [-0.05, 0) is 54.8 Å². The van der Waals surface area contributed by atoms with Crippen LogP contribution < -0.4 is 4.74 Å². The Labute approximate surface area is 245 Å². The predicted molar refractivity (Wildman–Crippen MR) is 169 cm³/mol. The van der Waals surface area contributed by atoms with Crippen LogP contribution in [-0.4, -0.2) is 77.2 Å². The maximum absolute atomic E-state index is 9.89. The van der Waals surface area contributed by atoms with Crippen LogP contribution in [0.3, 0.4) is 0 Å². The van der Waals surface area contributed by atoms with Crippen molar-refractivity contribution in [1.82, 2.24) is 24.2 Å². The maximum Gasteiger partial charge on any atom is 0.376 e. The van der Waals surface area contributed by atoms with E-state index in [1.54, 1.807) is 0 Å². The lowest BCUT2D eigenvalue weighted by molar-refractivity contribution is 0.0905. The summed E-state index contributed by atoms with van der Waals surface area (Å²) in [6, 6.07) is 23.6. The number of ether oxygens (including phenoxy) is 2. The third-order valence-electron chi connectivity index (χ3n) is 7.55. The summed E-state index contributed by atoms with van der Waals surface area (Å²) in [5.41, 5.74) is 4.86. The van der Waals surface area contributed by atoms with E-state index in [0.29, 0.717) is 13.3 Å². The summed E-state index contributed by atoms with van der Waals surface area (Å²) >= 11 is 0. The van der Waals surface area contributed by atoms with E-state index in [4.69, 9.17) is 19.4 Å². The summed E-state index contributed by atoms with van der Waals surface area (Å²) in [5.74, 6) is 1.67. The molecule has 0 aliphatic carbocycles. The second-order valence-corrected chi connectivity index (χ2v) is 17.7. The SMILES string of the molecule is CB(O)N1CCN(Cc2ccc3nc(-c4ccc(OCc5ccccc5)cc4)n(COCC[Si](C)(C)C)c3n2)CC1. The van der Waals surface area contributed by atoms with E-state index in [1.165, 1.54) is 0 Å². The number of hydrogen-bond acceptors (Lipinski definition) is 7. The second kappa shape index (κ2) is 13.3. The summed E-state index contributed by atoms with van der Waals surface area (Å²) in [6.07, 6.45) is 0. The van der Waals surface area contributed by atoms with Crippen LogP contribution in [0.5, 0.6) is 5.75 Å². The van der Waals surface area contributed by atoms with Gasteiger partial charge in [0.2, 0.25) is 0 Å². The second-order valence-electron chi connectivity index (χ2n) is 12.1. The molecular formula is C31H42BN5O3Si. The van der Waals surface area contributed by atoms with Gasteiger partial charge in [0.05, 0.1) is 5.69 Å². The van der Waals surface area contributed by atoms with Crippen molar-refractivity contribution in [2.75, 3.05) is 32.8 Å². The summed E-state index contributed by atoms with van der Waals surface area (Å²) < 4.78 is 14.3. The van der Waals surface area contributed by atoms with Gasteiger partial charge in [-0.15, -0.1) is 0 Å². The van der Waals surface area contributed by atoms with Crippen molar-refractivity contribution >= 4 is 26.3 Å². The van der Waals surface area contributed by atoms with E-state index in [-0.39, 0.29) is 0 Å². The highest BCUT2D eigenvalue weighted by Gasteiger charge is 2.23. The van der Waals surface area contributed by atoms with Crippen molar-refractivity contribution in [3.63, 3.8) is 0 Å². The van der Waals surface area contributed by atoms with Crippen LogP contribution in [0.25, 0.3) is 22.6 Å². The minimum absolute atomic E-state index is 0.398.